The second kappa shape index (κ2) is 8.35. The molecular formula is C24H22N4O2S. The summed E-state index contributed by atoms with van der Waals surface area (Å²) in [6, 6.07) is 19.5. The Morgan fingerprint density at radius 2 is 1.74 bits per heavy atom. The number of benzene rings is 1. The van der Waals surface area contributed by atoms with Gasteiger partial charge in [-0.05, 0) is 29.8 Å². The zero-order chi connectivity index (χ0) is 21.2. The van der Waals surface area contributed by atoms with Crippen molar-refractivity contribution in [3.8, 4) is 0 Å². The zero-order valence-electron chi connectivity index (χ0n) is 17.0. The summed E-state index contributed by atoms with van der Waals surface area (Å²) in [5.41, 5.74) is 1.01. The minimum absolute atomic E-state index is 0.00381. The zero-order valence-corrected chi connectivity index (χ0v) is 17.8. The normalized spacial score (nSPS) is 14.2. The topological polar surface area (TPSA) is 58.4 Å². The van der Waals surface area contributed by atoms with Gasteiger partial charge in [-0.2, -0.15) is 0 Å². The molecule has 0 saturated carbocycles. The van der Waals surface area contributed by atoms with Crippen LogP contribution in [0, 0.1) is 0 Å². The van der Waals surface area contributed by atoms with Gasteiger partial charge >= 0.3 is 0 Å². The number of fused-ring (bicyclic) bond motifs is 1. The number of anilines is 1. The molecule has 0 radical (unpaired) electrons. The number of piperazine rings is 1. The molecule has 0 N–H and O–H groups in total. The average molecular weight is 431 g/mol. The van der Waals surface area contributed by atoms with E-state index in [1.54, 1.807) is 16.8 Å². The molecule has 0 spiro atoms. The molecule has 1 aliphatic rings. The van der Waals surface area contributed by atoms with E-state index in [2.05, 4.69) is 9.88 Å². The molecule has 0 unspecified atom stereocenters. The Morgan fingerprint density at radius 3 is 2.48 bits per heavy atom. The van der Waals surface area contributed by atoms with Gasteiger partial charge in [0.05, 0.1) is 16.8 Å². The number of carbonyl (C=O) groups is 1. The van der Waals surface area contributed by atoms with Crippen molar-refractivity contribution >= 4 is 33.1 Å². The van der Waals surface area contributed by atoms with Crippen LogP contribution in [0.3, 0.4) is 0 Å². The highest BCUT2D eigenvalue weighted by Gasteiger charge is 2.24. The lowest BCUT2D eigenvalue weighted by Crippen LogP contribution is -2.48. The van der Waals surface area contributed by atoms with Crippen LogP contribution in [0.15, 0.2) is 77.9 Å². The van der Waals surface area contributed by atoms with Crippen molar-refractivity contribution in [3.05, 3.63) is 93.9 Å². The van der Waals surface area contributed by atoms with Gasteiger partial charge in [0.1, 0.15) is 5.82 Å². The summed E-state index contributed by atoms with van der Waals surface area (Å²) in [5.74, 6) is 0.936. The molecule has 1 amide bonds. The molecule has 4 aromatic rings. The molecule has 1 fully saturated rings. The van der Waals surface area contributed by atoms with Gasteiger partial charge < -0.3 is 14.4 Å². The molecular weight excluding hydrogens is 408 g/mol. The van der Waals surface area contributed by atoms with Crippen LogP contribution in [-0.2, 0) is 6.54 Å². The van der Waals surface area contributed by atoms with Crippen molar-refractivity contribution in [2.75, 3.05) is 31.1 Å². The Labute approximate surface area is 184 Å². The Bertz CT molecular complexity index is 1260. The van der Waals surface area contributed by atoms with E-state index in [1.165, 1.54) is 11.3 Å². The van der Waals surface area contributed by atoms with E-state index >= 15 is 0 Å². The third kappa shape index (κ3) is 3.96. The molecule has 0 aliphatic carbocycles. The van der Waals surface area contributed by atoms with Gasteiger partial charge in [-0.3, -0.25) is 9.59 Å². The van der Waals surface area contributed by atoms with Gasteiger partial charge in [0.25, 0.3) is 11.5 Å². The standard InChI is InChI=1S/C24H22N4O2S/c29-23-19-16-21(31-20(19)9-11-28(23)17-18-6-2-1-3-7-18)24(30)27-14-12-26(13-15-27)22-8-4-5-10-25-22/h1-11,16H,12-15,17H2. The lowest BCUT2D eigenvalue weighted by atomic mass is 10.2. The van der Waals surface area contributed by atoms with Crippen molar-refractivity contribution in [1.82, 2.24) is 14.5 Å². The molecule has 156 valence electrons. The molecule has 6 nitrogen and oxygen atoms in total. The number of thiophene rings is 1. The van der Waals surface area contributed by atoms with Crippen molar-refractivity contribution in [2.45, 2.75) is 6.54 Å². The van der Waals surface area contributed by atoms with Crippen molar-refractivity contribution in [2.24, 2.45) is 0 Å². The Kier molecular flexibility index (Phi) is 5.26. The second-order valence-electron chi connectivity index (χ2n) is 7.59. The monoisotopic (exact) mass is 430 g/mol. The van der Waals surface area contributed by atoms with Gasteiger partial charge in [0.2, 0.25) is 0 Å². The largest absolute Gasteiger partial charge is 0.353 e. The maximum Gasteiger partial charge on any atom is 0.264 e. The smallest absolute Gasteiger partial charge is 0.264 e. The van der Waals surface area contributed by atoms with Gasteiger partial charge in [-0.1, -0.05) is 36.4 Å². The summed E-state index contributed by atoms with van der Waals surface area (Å²) >= 11 is 1.39. The predicted octanol–water partition coefficient (Wildman–Crippen LogP) is 3.47. The van der Waals surface area contributed by atoms with E-state index in [0.717, 1.165) is 29.2 Å². The fourth-order valence-corrected chi connectivity index (χ4v) is 4.94. The molecule has 0 bridgehead atoms. The van der Waals surface area contributed by atoms with E-state index in [1.807, 2.05) is 65.7 Å². The molecule has 4 heterocycles. The number of amides is 1. The summed E-state index contributed by atoms with van der Waals surface area (Å²) < 4.78 is 2.55. The van der Waals surface area contributed by atoms with E-state index in [0.29, 0.717) is 29.9 Å². The van der Waals surface area contributed by atoms with Gasteiger partial charge in [0, 0.05) is 43.3 Å². The lowest BCUT2D eigenvalue weighted by molar-refractivity contribution is 0.0751. The van der Waals surface area contributed by atoms with Crippen LogP contribution in [0.4, 0.5) is 5.82 Å². The van der Waals surface area contributed by atoms with Crippen molar-refractivity contribution in [1.29, 1.82) is 0 Å². The van der Waals surface area contributed by atoms with E-state index in [-0.39, 0.29) is 11.5 Å². The highest BCUT2D eigenvalue weighted by atomic mass is 32.1. The van der Waals surface area contributed by atoms with E-state index in [4.69, 9.17) is 0 Å². The molecule has 0 atom stereocenters. The summed E-state index contributed by atoms with van der Waals surface area (Å²) in [4.78, 5) is 35.1. The quantitative estimate of drug-likeness (QED) is 0.498. The first-order valence-electron chi connectivity index (χ1n) is 10.3. The highest BCUT2D eigenvalue weighted by Crippen LogP contribution is 2.25. The maximum atomic E-state index is 13.1. The van der Waals surface area contributed by atoms with Crippen LogP contribution >= 0.6 is 11.3 Å². The summed E-state index contributed by atoms with van der Waals surface area (Å²) in [6.45, 7) is 3.29. The van der Waals surface area contributed by atoms with Gasteiger partial charge in [-0.25, -0.2) is 4.98 Å². The van der Waals surface area contributed by atoms with Gasteiger partial charge in [0.15, 0.2) is 0 Å². The first-order chi connectivity index (χ1) is 15.2. The number of aromatic nitrogens is 2. The number of hydrogen-bond acceptors (Lipinski definition) is 5. The van der Waals surface area contributed by atoms with Crippen LogP contribution in [0.25, 0.3) is 10.1 Å². The minimum atomic E-state index is -0.0587. The molecule has 3 aromatic heterocycles. The van der Waals surface area contributed by atoms with Gasteiger partial charge in [-0.15, -0.1) is 11.3 Å². The fourth-order valence-electron chi connectivity index (χ4n) is 3.92. The maximum absolute atomic E-state index is 13.1. The predicted molar refractivity (Wildman–Crippen MR) is 124 cm³/mol. The number of rotatable bonds is 4. The summed E-state index contributed by atoms with van der Waals surface area (Å²) in [5, 5.41) is 0.610. The first-order valence-corrected chi connectivity index (χ1v) is 11.1. The Hall–Kier alpha value is -3.45. The van der Waals surface area contributed by atoms with Crippen LogP contribution in [-0.4, -0.2) is 46.5 Å². The van der Waals surface area contributed by atoms with Crippen LogP contribution < -0.4 is 10.5 Å². The number of hydrogen-bond donors (Lipinski definition) is 0. The molecule has 5 rings (SSSR count). The number of carbonyl (C=O) groups excluding carboxylic acids is 1. The molecule has 1 aliphatic heterocycles. The SMILES string of the molecule is O=C(c1cc2c(=O)n(Cc3ccccc3)ccc2s1)N1CCN(c2ccccn2)CC1. The minimum Gasteiger partial charge on any atom is -0.353 e. The fraction of sp³-hybridized carbons (Fsp3) is 0.208. The third-order valence-corrected chi connectivity index (χ3v) is 6.69. The Balaban J connectivity index is 1.33. The van der Waals surface area contributed by atoms with Crippen LogP contribution in [0.2, 0.25) is 0 Å². The molecule has 31 heavy (non-hydrogen) atoms. The molecule has 7 heteroatoms. The number of nitrogens with zero attached hydrogens (tertiary/aromatic N) is 4. The van der Waals surface area contributed by atoms with Crippen molar-refractivity contribution < 1.29 is 4.79 Å². The highest BCUT2D eigenvalue weighted by molar-refractivity contribution is 7.20. The second-order valence-corrected chi connectivity index (χ2v) is 8.67. The number of pyridine rings is 2. The van der Waals surface area contributed by atoms with Crippen LogP contribution in [0.1, 0.15) is 15.2 Å². The first kappa shape index (κ1) is 19.5. The van der Waals surface area contributed by atoms with E-state index in [9.17, 15) is 9.59 Å². The summed E-state index contributed by atoms with van der Waals surface area (Å²) in [6.07, 6.45) is 3.60. The molecule has 1 aromatic carbocycles. The molecule has 1 saturated heterocycles. The third-order valence-electron chi connectivity index (χ3n) is 5.60. The van der Waals surface area contributed by atoms with Crippen molar-refractivity contribution in [3.63, 3.8) is 0 Å². The Morgan fingerprint density at radius 1 is 0.968 bits per heavy atom. The lowest BCUT2D eigenvalue weighted by Gasteiger charge is -2.35. The van der Waals surface area contributed by atoms with Crippen LogP contribution in [0.5, 0.6) is 0 Å². The van der Waals surface area contributed by atoms with E-state index < -0.39 is 0 Å². The summed E-state index contributed by atoms with van der Waals surface area (Å²) in [7, 11) is 0. The average Bonchev–Trinajstić information content (AvgIpc) is 3.27.